The number of halogens is 1. The fraction of sp³-hybridized carbons (Fsp3) is 0.158. The van der Waals surface area contributed by atoms with Crippen LogP contribution in [0.5, 0.6) is 0 Å². The molecule has 2 heterocycles. The van der Waals surface area contributed by atoms with Gasteiger partial charge >= 0.3 is 0 Å². The number of pyridine rings is 1. The van der Waals surface area contributed by atoms with E-state index in [2.05, 4.69) is 26.0 Å². The van der Waals surface area contributed by atoms with Gasteiger partial charge in [0, 0.05) is 19.3 Å². The van der Waals surface area contributed by atoms with Crippen molar-refractivity contribution in [1.82, 2.24) is 20.1 Å². The highest BCUT2D eigenvalue weighted by Crippen LogP contribution is 2.26. The standard InChI is InChI=1S/C19H19FN6O2/c1-12(27)10-26-11-13(8-23-26)24-18-7-17(15(20)9-22-18)25-16-6-4-3-5-14(16)19(28)21-2/h3-9,11H,10H2,1-2H3,(H,21,28)(H2,22,24,25). The Hall–Kier alpha value is -3.75. The molecule has 0 saturated heterocycles. The molecule has 0 fully saturated rings. The molecule has 28 heavy (non-hydrogen) atoms. The van der Waals surface area contributed by atoms with E-state index in [1.807, 2.05) is 0 Å². The van der Waals surface area contributed by atoms with E-state index < -0.39 is 5.82 Å². The number of benzene rings is 1. The lowest BCUT2D eigenvalue weighted by Gasteiger charge is -2.13. The zero-order valence-electron chi connectivity index (χ0n) is 15.4. The first-order valence-corrected chi connectivity index (χ1v) is 8.49. The van der Waals surface area contributed by atoms with E-state index in [-0.39, 0.29) is 23.9 Å². The maximum Gasteiger partial charge on any atom is 0.253 e. The number of nitrogens with zero attached hydrogens (tertiary/aromatic N) is 3. The molecule has 0 aliphatic rings. The van der Waals surface area contributed by atoms with E-state index in [0.29, 0.717) is 22.8 Å². The van der Waals surface area contributed by atoms with Crippen molar-refractivity contribution < 1.29 is 14.0 Å². The predicted molar refractivity (Wildman–Crippen MR) is 104 cm³/mol. The Kier molecular flexibility index (Phi) is 5.64. The number of Topliss-reactive ketones (excluding diaryl/α,β-unsaturated/α-hetero) is 1. The topological polar surface area (TPSA) is 101 Å². The van der Waals surface area contributed by atoms with Crippen LogP contribution < -0.4 is 16.0 Å². The quantitative estimate of drug-likeness (QED) is 0.581. The summed E-state index contributed by atoms with van der Waals surface area (Å²) >= 11 is 0. The van der Waals surface area contributed by atoms with Crippen molar-refractivity contribution in [3.8, 4) is 0 Å². The second-order valence-corrected chi connectivity index (χ2v) is 6.05. The van der Waals surface area contributed by atoms with E-state index in [4.69, 9.17) is 0 Å². The third kappa shape index (κ3) is 4.50. The molecule has 0 atom stereocenters. The van der Waals surface area contributed by atoms with Crippen LogP contribution in [0.4, 0.5) is 27.3 Å². The van der Waals surface area contributed by atoms with Crippen molar-refractivity contribution >= 4 is 34.6 Å². The average Bonchev–Trinajstić information content (AvgIpc) is 3.10. The van der Waals surface area contributed by atoms with Gasteiger partial charge in [0.15, 0.2) is 11.6 Å². The molecule has 144 valence electrons. The molecule has 2 aromatic heterocycles. The lowest BCUT2D eigenvalue weighted by atomic mass is 10.1. The minimum atomic E-state index is -0.565. The number of amides is 1. The fourth-order valence-corrected chi connectivity index (χ4v) is 2.56. The molecule has 0 aliphatic heterocycles. The maximum absolute atomic E-state index is 14.2. The highest BCUT2D eigenvalue weighted by molar-refractivity contribution is 6.00. The van der Waals surface area contributed by atoms with Crippen LogP contribution in [0, 0.1) is 5.82 Å². The molecule has 9 heteroatoms. The maximum atomic E-state index is 14.2. The largest absolute Gasteiger partial charge is 0.355 e. The SMILES string of the molecule is CNC(=O)c1ccccc1Nc1cc(Nc2cnn(CC(C)=O)c2)ncc1F. The summed E-state index contributed by atoms with van der Waals surface area (Å²) in [5.74, 6) is -0.488. The number of anilines is 4. The fourth-order valence-electron chi connectivity index (χ4n) is 2.56. The van der Waals surface area contributed by atoms with Gasteiger partial charge in [-0.25, -0.2) is 9.37 Å². The minimum absolute atomic E-state index is 0.0178. The van der Waals surface area contributed by atoms with Gasteiger partial charge in [0.05, 0.1) is 41.6 Å². The second-order valence-electron chi connectivity index (χ2n) is 6.05. The monoisotopic (exact) mass is 382 g/mol. The molecule has 1 amide bonds. The Labute approximate surface area is 160 Å². The van der Waals surface area contributed by atoms with Crippen molar-refractivity contribution in [1.29, 1.82) is 0 Å². The number of rotatable bonds is 7. The summed E-state index contributed by atoms with van der Waals surface area (Å²) in [6, 6.07) is 8.28. The average molecular weight is 382 g/mol. The summed E-state index contributed by atoms with van der Waals surface area (Å²) in [5, 5.41) is 12.6. The van der Waals surface area contributed by atoms with Crippen LogP contribution in [-0.2, 0) is 11.3 Å². The van der Waals surface area contributed by atoms with Crippen molar-refractivity contribution in [3.63, 3.8) is 0 Å². The van der Waals surface area contributed by atoms with Crippen molar-refractivity contribution in [2.75, 3.05) is 17.7 Å². The molecule has 0 radical (unpaired) electrons. The number of para-hydroxylation sites is 1. The van der Waals surface area contributed by atoms with Gasteiger partial charge in [-0.3, -0.25) is 14.3 Å². The second kappa shape index (κ2) is 8.30. The molecule has 3 rings (SSSR count). The summed E-state index contributed by atoms with van der Waals surface area (Å²) in [6.07, 6.45) is 4.27. The molecule has 1 aromatic carbocycles. The zero-order valence-corrected chi connectivity index (χ0v) is 15.4. The van der Waals surface area contributed by atoms with Gasteiger partial charge in [-0.2, -0.15) is 5.10 Å². The molecule has 0 spiro atoms. The van der Waals surface area contributed by atoms with E-state index >= 15 is 0 Å². The van der Waals surface area contributed by atoms with Crippen LogP contribution in [0.2, 0.25) is 0 Å². The summed E-state index contributed by atoms with van der Waals surface area (Å²) in [7, 11) is 1.53. The van der Waals surface area contributed by atoms with Crippen LogP contribution in [-0.4, -0.2) is 33.5 Å². The first-order valence-electron chi connectivity index (χ1n) is 8.49. The first kappa shape index (κ1) is 19.0. The van der Waals surface area contributed by atoms with Crippen LogP contribution in [0.15, 0.2) is 48.9 Å². The Bertz CT molecular complexity index is 1020. The summed E-state index contributed by atoms with van der Waals surface area (Å²) < 4.78 is 15.7. The normalized spacial score (nSPS) is 10.4. The number of hydrogen-bond donors (Lipinski definition) is 3. The van der Waals surface area contributed by atoms with Crippen LogP contribution in [0.25, 0.3) is 0 Å². The predicted octanol–water partition coefficient (Wildman–Crippen LogP) is 2.85. The molecule has 0 bridgehead atoms. The molecule has 0 aliphatic carbocycles. The number of aromatic nitrogens is 3. The van der Waals surface area contributed by atoms with Crippen LogP contribution in [0.1, 0.15) is 17.3 Å². The number of carbonyl (C=O) groups excluding carboxylic acids is 2. The van der Waals surface area contributed by atoms with Crippen LogP contribution in [0.3, 0.4) is 0 Å². The highest BCUT2D eigenvalue weighted by atomic mass is 19.1. The molecule has 0 saturated carbocycles. The van der Waals surface area contributed by atoms with Crippen molar-refractivity contribution in [2.45, 2.75) is 13.5 Å². The number of nitrogens with one attached hydrogen (secondary N) is 3. The van der Waals surface area contributed by atoms with Gasteiger partial charge in [-0.1, -0.05) is 12.1 Å². The molecular formula is C19H19FN6O2. The molecular weight excluding hydrogens is 363 g/mol. The third-order valence-corrected chi connectivity index (χ3v) is 3.81. The number of carbonyl (C=O) groups is 2. The van der Waals surface area contributed by atoms with Gasteiger partial charge in [0.25, 0.3) is 5.91 Å². The van der Waals surface area contributed by atoms with Gasteiger partial charge in [0.1, 0.15) is 5.82 Å². The number of hydrogen-bond acceptors (Lipinski definition) is 6. The van der Waals surface area contributed by atoms with Gasteiger partial charge in [-0.05, 0) is 19.1 Å². The summed E-state index contributed by atoms with van der Waals surface area (Å²) in [5.41, 5.74) is 1.62. The Morgan fingerprint density at radius 2 is 1.93 bits per heavy atom. The van der Waals surface area contributed by atoms with E-state index in [1.165, 1.54) is 24.7 Å². The zero-order chi connectivity index (χ0) is 20.1. The summed E-state index contributed by atoms with van der Waals surface area (Å²) in [4.78, 5) is 27.2. The summed E-state index contributed by atoms with van der Waals surface area (Å²) in [6.45, 7) is 1.65. The Morgan fingerprint density at radius 3 is 2.68 bits per heavy atom. The molecule has 3 aromatic rings. The highest BCUT2D eigenvalue weighted by Gasteiger charge is 2.12. The van der Waals surface area contributed by atoms with Crippen molar-refractivity contribution in [3.05, 3.63) is 60.3 Å². The minimum Gasteiger partial charge on any atom is -0.355 e. The third-order valence-electron chi connectivity index (χ3n) is 3.81. The van der Waals surface area contributed by atoms with E-state index in [1.54, 1.807) is 36.7 Å². The van der Waals surface area contributed by atoms with Crippen molar-refractivity contribution in [2.24, 2.45) is 0 Å². The smallest absolute Gasteiger partial charge is 0.253 e. The van der Waals surface area contributed by atoms with Gasteiger partial charge in [-0.15, -0.1) is 0 Å². The van der Waals surface area contributed by atoms with Gasteiger partial charge < -0.3 is 16.0 Å². The lowest BCUT2D eigenvalue weighted by molar-refractivity contribution is -0.117. The molecule has 3 N–H and O–H groups in total. The number of ketones is 1. The Morgan fingerprint density at radius 1 is 1.14 bits per heavy atom. The Balaban J connectivity index is 1.82. The lowest BCUT2D eigenvalue weighted by Crippen LogP contribution is -2.19. The van der Waals surface area contributed by atoms with Gasteiger partial charge in [0.2, 0.25) is 0 Å². The molecule has 0 unspecified atom stereocenters. The van der Waals surface area contributed by atoms with Crippen LogP contribution >= 0.6 is 0 Å². The first-order chi connectivity index (χ1) is 13.5. The van der Waals surface area contributed by atoms with E-state index in [9.17, 15) is 14.0 Å². The molecule has 8 nitrogen and oxygen atoms in total. The van der Waals surface area contributed by atoms with E-state index in [0.717, 1.165) is 6.20 Å².